The van der Waals surface area contributed by atoms with Crippen LogP contribution in [0.25, 0.3) is 0 Å². The molecule has 1 rings (SSSR count). The summed E-state index contributed by atoms with van der Waals surface area (Å²) in [5.74, 6) is -0.0595. The second kappa shape index (κ2) is 4.80. The third-order valence-corrected chi connectivity index (χ3v) is 1.33. The maximum absolute atomic E-state index is 11.0. The highest BCUT2D eigenvalue weighted by Gasteiger charge is 2.03. The maximum atomic E-state index is 11.0. The molecule has 0 bridgehead atoms. The number of carbonyl (C=O) groups is 2. The van der Waals surface area contributed by atoms with Crippen LogP contribution in [-0.2, 0) is 4.79 Å². The van der Waals surface area contributed by atoms with Gasteiger partial charge in [0.05, 0.1) is 0 Å². The standard InChI is InChI=1S/C8H9N3O3/c12-7(5-10-8(13)14)11-6-3-1-2-4-9-6/h1-4,10H,5H2,(H,13,14)(H,9,11,12). The molecule has 0 aliphatic carbocycles. The molecule has 0 aliphatic rings. The first-order chi connectivity index (χ1) is 6.68. The minimum Gasteiger partial charge on any atom is -0.465 e. The first-order valence-electron chi connectivity index (χ1n) is 3.86. The van der Waals surface area contributed by atoms with Crippen LogP contribution in [-0.4, -0.2) is 28.6 Å². The number of carboxylic acid groups (broad SMARTS) is 1. The van der Waals surface area contributed by atoms with E-state index in [1.807, 2.05) is 5.32 Å². The van der Waals surface area contributed by atoms with E-state index in [9.17, 15) is 9.59 Å². The number of nitrogens with zero attached hydrogens (tertiary/aromatic N) is 1. The van der Waals surface area contributed by atoms with E-state index in [-0.39, 0.29) is 6.54 Å². The quantitative estimate of drug-likeness (QED) is 0.646. The van der Waals surface area contributed by atoms with E-state index < -0.39 is 12.0 Å². The molecule has 0 spiro atoms. The number of hydrogen-bond donors (Lipinski definition) is 3. The Kier molecular flexibility index (Phi) is 3.42. The molecule has 2 amide bonds. The largest absolute Gasteiger partial charge is 0.465 e. The van der Waals surface area contributed by atoms with Crippen molar-refractivity contribution in [2.45, 2.75) is 0 Å². The molecule has 6 nitrogen and oxygen atoms in total. The lowest BCUT2D eigenvalue weighted by Crippen LogP contribution is -2.31. The fraction of sp³-hybridized carbons (Fsp3) is 0.125. The third kappa shape index (κ3) is 3.53. The lowest BCUT2D eigenvalue weighted by molar-refractivity contribution is -0.115. The molecule has 1 aromatic rings. The van der Waals surface area contributed by atoms with Gasteiger partial charge in [-0.05, 0) is 12.1 Å². The van der Waals surface area contributed by atoms with Gasteiger partial charge in [-0.1, -0.05) is 6.07 Å². The van der Waals surface area contributed by atoms with Gasteiger partial charge in [-0.2, -0.15) is 0 Å². The Morgan fingerprint density at radius 2 is 2.21 bits per heavy atom. The summed E-state index contributed by atoms with van der Waals surface area (Å²) in [7, 11) is 0. The monoisotopic (exact) mass is 195 g/mol. The lowest BCUT2D eigenvalue weighted by atomic mass is 10.4. The van der Waals surface area contributed by atoms with E-state index in [4.69, 9.17) is 5.11 Å². The molecule has 0 unspecified atom stereocenters. The van der Waals surface area contributed by atoms with Crippen molar-refractivity contribution in [2.24, 2.45) is 0 Å². The van der Waals surface area contributed by atoms with Crippen molar-refractivity contribution < 1.29 is 14.7 Å². The van der Waals surface area contributed by atoms with Crippen LogP contribution in [0.2, 0.25) is 0 Å². The minimum absolute atomic E-state index is 0.286. The summed E-state index contributed by atoms with van der Waals surface area (Å²) in [5, 5.41) is 12.6. The smallest absolute Gasteiger partial charge is 0.405 e. The fourth-order valence-corrected chi connectivity index (χ4v) is 0.780. The van der Waals surface area contributed by atoms with Gasteiger partial charge in [0.1, 0.15) is 12.4 Å². The number of pyridine rings is 1. The van der Waals surface area contributed by atoms with Crippen molar-refractivity contribution in [2.75, 3.05) is 11.9 Å². The van der Waals surface area contributed by atoms with Gasteiger partial charge in [0, 0.05) is 6.20 Å². The van der Waals surface area contributed by atoms with Crippen LogP contribution in [0, 0.1) is 0 Å². The molecule has 0 saturated heterocycles. The Labute approximate surface area is 80.0 Å². The number of amides is 2. The predicted octanol–water partition coefficient (Wildman–Crippen LogP) is 0.288. The van der Waals surface area contributed by atoms with Crippen LogP contribution in [0.15, 0.2) is 24.4 Å². The first kappa shape index (κ1) is 9.97. The molecular weight excluding hydrogens is 186 g/mol. The summed E-state index contributed by atoms with van der Waals surface area (Å²) in [6.07, 6.45) is 0.293. The van der Waals surface area contributed by atoms with E-state index in [2.05, 4.69) is 10.3 Å². The molecule has 3 N–H and O–H groups in total. The van der Waals surface area contributed by atoms with Gasteiger partial charge in [0.2, 0.25) is 5.91 Å². The van der Waals surface area contributed by atoms with Crippen molar-refractivity contribution in [3.8, 4) is 0 Å². The number of anilines is 1. The number of nitrogens with one attached hydrogen (secondary N) is 2. The van der Waals surface area contributed by atoms with Crippen LogP contribution in [0.4, 0.5) is 10.6 Å². The zero-order chi connectivity index (χ0) is 10.4. The third-order valence-electron chi connectivity index (χ3n) is 1.33. The molecule has 0 saturated carbocycles. The van der Waals surface area contributed by atoms with Crippen molar-refractivity contribution >= 4 is 17.8 Å². The van der Waals surface area contributed by atoms with Gasteiger partial charge in [0.25, 0.3) is 0 Å². The molecule has 1 heterocycles. The van der Waals surface area contributed by atoms with Crippen LogP contribution in [0.5, 0.6) is 0 Å². The van der Waals surface area contributed by atoms with Crippen molar-refractivity contribution in [3.05, 3.63) is 24.4 Å². The molecule has 0 radical (unpaired) electrons. The average Bonchev–Trinajstić information content (AvgIpc) is 2.16. The van der Waals surface area contributed by atoms with Crippen LogP contribution in [0.3, 0.4) is 0 Å². The van der Waals surface area contributed by atoms with Gasteiger partial charge in [-0.15, -0.1) is 0 Å². The topological polar surface area (TPSA) is 91.3 Å². The molecule has 74 valence electrons. The average molecular weight is 195 g/mol. The predicted molar refractivity (Wildman–Crippen MR) is 48.9 cm³/mol. The molecule has 0 fully saturated rings. The number of rotatable bonds is 3. The maximum Gasteiger partial charge on any atom is 0.405 e. The Morgan fingerprint density at radius 3 is 2.79 bits per heavy atom. The normalized spacial score (nSPS) is 9.14. The highest BCUT2D eigenvalue weighted by atomic mass is 16.4. The summed E-state index contributed by atoms with van der Waals surface area (Å²) in [4.78, 5) is 24.9. The lowest BCUT2D eigenvalue weighted by Gasteiger charge is -2.02. The van der Waals surface area contributed by atoms with Crippen molar-refractivity contribution in [1.82, 2.24) is 10.3 Å². The van der Waals surface area contributed by atoms with Crippen LogP contribution < -0.4 is 10.6 Å². The second-order valence-corrected chi connectivity index (χ2v) is 2.42. The van der Waals surface area contributed by atoms with Crippen molar-refractivity contribution in [1.29, 1.82) is 0 Å². The zero-order valence-corrected chi connectivity index (χ0v) is 7.23. The number of carbonyl (C=O) groups excluding carboxylic acids is 1. The SMILES string of the molecule is O=C(O)NCC(=O)Nc1ccccn1. The zero-order valence-electron chi connectivity index (χ0n) is 7.23. The number of aromatic nitrogens is 1. The Balaban J connectivity index is 2.38. The van der Waals surface area contributed by atoms with Gasteiger partial charge < -0.3 is 15.7 Å². The highest BCUT2D eigenvalue weighted by molar-refractivity contribution is 5.92. The summed E-state index contributed by atoms with van der Waals surface area (Å²) in [6.45, 7) is -0.286. The van der Waals surface area contributed by atoms with Gasteiger partial charge in [0.15, 0.2) is 0 Å². The molecule has 6 heteroatoms. The summed E-state index contributed by atoms with van der Waals surface area (Å²) in [6, 6.07) is 5.04. The van der Waals surface area contributed by atoms with Crippen molar-refractivity contribution in [3.63, 3.8) is 0 Å². The summed E-state index contributed by atoms with van der Waals surface area (Å²) < 4.78 is 0. The Morgan fingerprint density at radius 1 is 1.43 bits per heavy atom. The van der Waals surface area contributed by atoms with Crippen LogP contribution >= 0.6 is 0 Å². The molecule has 1 aromatic heterocycles. The van der Waals surface area contributed by atoms with E-state index in [1.165, 1.54) is 6.20 Å². The summed E-state index contributed by atoms with van der Waals surface area (Å²) in [5.41, 5.74) is 0. The minimum atomic E-state index is -1.24. The highest BCUT2D eigenvalue weighted by Crippen LogP contribution is 1.98. The number of hydrogen-bond acceptors (Lipinski definition) is 3. The van der Waals surface area contributed by atoms with Gasteiger partial charge in [-0.25, -0.2) is 9.78 Å². The summed E-state index contributed by atoms with van der Waals surface area (Å²) >= 11 is 0. The van der Waals surface area contributed by atoms with E-state index >= 15 is 0 Å². The Hall–Kier alpha value is -2.11. The van der Waals surface area contributed by atoms with Gasteiger partial charge >= 0.3 is 6.09 Å². The molecular formula is C8H9N3O3. The molecule has 0 aromatic carbocycles. The fourth-order valence-electron chi connectivity index (χ4n) is 0.780. The molecule has 0 aliphatic heterocycles. The van der Waals surface area contributed by atoms with E-state index in [0.29, 0.717) is 5.82 Å². The van der Waals surface area contributed by atoms with E-state index in [0.717, 1.165) is 0 Å². The van der Waals surface area contributed by atoms with Crippen LogP contribution in [0.1, 0.15) is 0 Å². The van der Waals surface area contributed by atoms with E-state index in [1.54, 1.807) is 18.2 Å². The Bertz CT molecular complexity index is 326. The second-order valence-electron chi connectivity index (χ2n) is 2.42. The molecule has 14 heavy (non-hydrogen) atoms. The van der Waals surface area contributed by atoms with Gasteiger partial charge in [-0.3, -0.25) is 4.79 Å². The first-order valence-corrected chi connectivity index (χ1v) is 3.86. The molecule has 0 atom stereocenters.